The Morgan fingerprint density at radius 3 is 2.54 bits per heavy atom. The molecule has 150 valence electrons. The van der Waals surface area contributed by atoms with Gasteiger partial charge < -0.3 is 25.1 Å². The molecule has 2 rings (SSSR count). The Morgan fingerprint density at radius 2 is 1.93 bits per heavy atom. The summed E-state index contributed by atoms with van der Waals surface area (Å²) in [5.41, 5.74) is 1.46. The van der Waals surface area contributed by atoms with Crippen LogP contribution >= 0.6 is 12.6 Å². The van der Waals surface area contributed by atoms with Crippen molar-refractivity contribution in [2.75, 3.05) is 12.9 Å². The van der Waals surface area contributed by atoms with Crippen LogP contribution < -0.4 is 10.6 Å². The van der Waals surface area contributed by atoms with Gasteiger partial charge in [0.05, 0.1) is 13.4 Å². The fourth-order valence-corrected chi connectivity index (χ4v) is 2.58. The van der Waals surface area contributed by atoms with Crippen molar-refractivity contribution in [2.24, 2.45) is 0 Å². The number of alkyl carbamates (subject to hydrolysis) is 1. The van der Waals surface area contributed by atoms with E-state index >= 15 is 0 Å². The number of esters is 1. The van der Waals surface area contributed by atoms with E-state index in [4.69, 9.17) is 9.47 Å². The lowest BCUT2D eigenvalue weighted by molar-refractivity contribution is -0.145. The molecule has 0 spiro atoms. The number of thiol groups is 1. The SMILES string of the molecule is COC(=O)[C@H](Cc1cnc[nH]1)NC(=O)[C@@H](CS)NC(=O)OCc1ccccc1. The molecule has 0 aliphatic rings. The molecule has 0 radical (unpaired) electrons. The number of nitrogens with one attached hydrogen (secondary N) is 3. The van der Waals surface area contributed by atoms with Crippen LogP contribution in [0.2, 0.25) is 0 Å². The van der Waals surface area contributed by atoms with Crippen LogP contribution in [0.1, 0.15) is 11.3 Å². The summed E-state index contributed by atoms with van der Waals surface area (Å²) in [6.45, 7) is 0.0677. The molecule has 1 aromatic carbocycles. The van der Waals surface area contributed by atoms with Crippen LogP contribution in [0, 0.1) is 0 Å². The van der Waals surface area contributed by atoms with Crippen molar-refractivity contribution in [1.29, 1.82) is 0 Å². The lowest BCUT2D eigenvalue weighted by atomic mass is 10.1. The van der Waals surface area contributed by atoms with Gasteiger partial charge in [-0.15, -0.1) is 0 Å². The molecule has 2 amide bonds. The first-order valence-electron chi connectivity index (χ1n) is 8.47. The maximum Gasteiger partial charge on any atom is 0.408 e. The van der Waals surface area contributed by atoms with E-state index < -0.39 is 30.1 Å². The number of aromatic amines is 1. The molecule has 2 aromatic rings. The molecule has 10 heteroatoms. The maximum atomic E-state index is 12.5. The number of methoxy groups -OCH3 is 1. The largest absolute Gasteiger partial charge is 0.467 e. The summed E-state index contributed by atoms with van der Waals surface area (Å²) in [6.07, 6.45) is 2.40. The number of imidazole rings is 1. The van der Waals surface area contributed by atoms with E-state index in [1.807, 2.05) is 30.3 Å². The Hall–Kier alpha value is -3.01. The second-order valence-corrected chi connectivity index (χ2v) is 6.17. The first kappa shape index (κ1) is 21.3. The molecule has 0 fully saturated rings. The third-order valence-corrected chi connectivity index (χ3v) is 4.15. The summed E-state index contributed by atoms with van der Waals surface area (Å²) in [7, 11) is 1.23. The molecular weight excluding hydrogens is 384 g/mol. The number of carbonyl (C=O) groups is 3. The van der Waals surface area contributed by atoms with Gasteiger partial charge in [-0.1, -0.05) is 30.3 Å². The predicted octanol–water partition coefficient (Wildman–Crippen LogP) is 0.835. The van der Waals surface area contributed by atoms with Crippen molar-refractivity contribution >= 4 is 30.6 Å². The zero-order valence-electron chi connectivity index (χ0n) is 15.3. The Labute approximate surface area is 167 Å². The monoisotopic (exact) mass is 406 g/mol. The number of hydrogen-bond donors (Lipinski definition) is 4. The fraction of sp³-hybridized carbons (Fsp3) is 0.333. The maximum absolute atomic E-state index is 12.5. The molecule has 1 aromatic heterocycles. The third-order valence-electron chi connectivity index (χ3n) is 3.78. The fourth-order valence-electron chi connectivity index (χ4n) is 2.33. The first-order chi connectivity index (χ1) is 13.5. The summed E-state index contributed by atoms with van der Waals surface area (Å²) in [5.74, 6) is -1.18. The number of amides is 2. The zero-order valence-corrected chi connectivity index (χ0v) is 16.1. The molecule has 0 aliphatic heterocycles. The molecule has 0 unspecified atom stereocenters. The van der Waals surface area contributed by atoms with Gasteiger partial charge in [-0.25, -0.2) is 14.6 Å². The summed E-state index contributed by atoms with van der Waals surface area (Å²) < 4.78 is 9.83. The number of H-pyrrole nitrogens is 1. The highest BCUT2D eigenvalue weighted by atomic mass is 32.1. The molecule has 0 aliphatic carbocycles. The molecule has 2 atom stereocenters. The van der Waals surface area contributed by atoms with Crippen molar-refractivity contribution in [3.05, 3.63) is 54.1 Å². The van der Waals surface area contributed by atoms with Crippen molar-refractivity contribution in [1.82, 2.24) is 20.6 Å². The molecule has 1 heterocycles. The average molecular weight is 406 g/mol. The number of ether oxygens (including phenoxy) is 2. The Bertz CT molecular complexity index is 770. The van der Waals surface area contributed by atoms with E-state index in [2.05, 4.69) is 33.2 Å². The Morgan fingerprint density at radius 1 is 1.18 bits per heavy atom. The van der Waals surface area contributed by atoms with E-state index in [1.54, 1.807) is 0 Å². The van der Waals surface area contributed by atoms with Gasteiger partial charge in [0.25, 0.3) is 0 Å². The third kappa shape index (κ3) is 6.62. The Kier molecular flexibility index (Phi) is 8.35. The summed E-state index contributed by atoms with van der Waals surface area (Å²) in [6, 6.07) is 7.20. The summed E-state index contributed by atoms with van der Waals surface area (Å²) >= 11 is 4.09. The van der Waals surface area contributed by atoms with E-state index in [1.165, 1.54) is 19.6 Å². The van der Waals surface area contributed by atoms with Gasteiger partial charge in [0.2, 0.25) is 5.91 Å². The lowest BCUT2D eigenvalue weighted by Crippen LogP contribution is -2.53. The molecule has 9 nitrogen and oxygen atoms in total. The topological polar surface area (TPSA) is 122 Å². The second-order valence-electron chi connectivity index (χ2n) is 5.81. The number of carbonyl (C=O) groups excluding carboxylic acids is 3. The van der Waals surface area contributed by atoms with Crippen LogP contribution in [0.5, 0.6) is 0 Å². The first-order valence-corrected chi connectivity index (χ1v) is 9.10. The van der Waals surface area contributed by atoms with Crippen molar-refractivity contribution in [2.45, 2.75) is 25.1 Å². The van der Waals surface area contributed by atoms with Crippen LogP contribution in [0.25, 0.3) is 0 Å². The smallest absolute Gasteiger partial charge is 0.408 e. The minimum absolute atomic E-state index is 0.0181. The van der Waals surface area contributed by atoms with E-state index in [-0.39, 0.29) is 18.8 Å². The minimum atomic E-state index is -0.986. The van der Waals surface area contributed by atoms with Crippen LogP contribution in [0.3, 0.4) is 0 Å². The minimum Gasteiger partial charge on any atom is -0.467 e. The van der Waals surface area contributed by atoms with E-state index in [0.29, 0.717) is 5.69 Å². The molecule has 0 saturated carbocycles. The number of benzene rings is 1. The van der Waals surface area contributed by atoms with Gasteiger partial charge in [-0.05, 0) is 5.56 Å². The van der Waals surface area contributed by atoms with Gasteiger partial charge in [-0.3, -0.25) is 4.79 Å². The van der Waals surface area contributed by atoms with E-state index in [0.717, 1.165) is 5.56 Å². The standard InChI is InChI=1S/C18H22N4O5S/c1-26-17(24)14(7-13-8-19-11-20-13)21-16(23)15(10-28)22-18(25)27-9-12-5-3-2-4-6-12/h2-6,8,11,14-15,28H,7,9-10H2,1H3,(H,19,20)(H,21,23)(H,22,25)/t14-,15+/m0/s1. The van der Waals surface area contributed by atoms with Gasteiger partial charge in [0.1, 0.15) is 18.7 Å². The van der Waals surface area contributed by atoms with Crippen molar-refractivity contribution in [3.8, 4) is 0 Å². The lowest BCUT2D eigenvalue weighted by Gasteiger charge is -2.20. The molecular formula is C18H22N4O5S. The van der Waals surface area contributed by atoms with Gasteiger partial charge in [-0.2, -0.15) is 12.6 Å². The highest BCUT2D eigenvalue weighted by Gasteiger charge is 2.27. The molecule has 0 saturated heterocycles. The number of rotatable bonds is 9. The quantitative estimate of drug-likeness (QED) is 0.362. The second kappa shape index (κ2) is 11.0. The van der Waals surface area contributed by atoms with Crippen LogP contribution in [-0.2, 0) is 32.1 Å². The number of hydrogen-bond acceptors (Lipinski definition) is 7. The predicted molar refractivity (Wildman–Crippen MR) is 104 cm³/mol. The van der Waals surface area contributed by atoms with Crippen molar-refractivity contribution < 1.29 is 23.9 Å². The van der Waals surface area contributed by atoms with Gasteiger partial charge >= 0.3 is 12.1 Å². The van der Waals surface area contributed by atoms with Crippen LogP contribution in [0.4, 0.5) is 4.79 Å². The molecule has 28 heavy (non-hydrogen) atoms. The van der Waals surface area contributed by atoms with Crippen LogP contribution in [-0.4, -0.2) is 52.9 Å². The average Bonchev–Trinajstić information content (AvgIpc) is 3.23. The van der Waals surface area contributed by atoms with Crippen LogP contribution in [0.15, 0.2) is 42.9 Å². The van der Waals surface area contributed by atoms with Crippen molar-refractivity contribution in [3.63, 3.8) is 0 Å². The van der Waals surface area contributed by atoms with E-state index in [9.17, 15) is 14.4 Å². The molecule has 3 N–H and O–H groups in total. The normalized spacial score (nSPS) is 12.5. The summed E-state index contributed by atoms with van der Waals surface area (Å²) in [4.78, 5) is 43.1. The number of nitrogens with zero attached hydrogens (tertiary/aromatic N) is 1. The highest BCUT2D eigenvalue weighted by molar-refractivity contribution is 7.80. The highest BCUT2D eigenvalue weighted by Crippen LogP contribution is 2.03. The van der Waals surface area contributed by atoms with Gasteiger partial charge in [0.15, 0.2) is 0 Å². The number of aromatic nitrogens is 2. The molecule has 0 bridgehead atoms. The Balaban J connectivity index is 1.90. The zero-order chi connectivity index (χ0) is 20.4. The van der Waals surface area contributed by atoms with Gasteiger partial charge in [0, 0.05) is 24.1 Å². The summed E-state index contributed by atoms with van der Waals surface area (Å²) in [5, 5.41) is 4.99.